The zero-order chi connectivity index (χ0) is 15.4. The SMILES string of the molecule is CCOc1ccc2nc(COc3cccc(OC)c3)[nH]c2c1. The van der Waals surface area contributed by atoms with Crippen molar-refractivity contribution < 1.29 is 14.2 Å². The Labute approximate surface area is 128 Å². The van der Waals surface area contributed by atoms with Crippen LogP contribution >= 0.6 is 0 Å². The van der Waals surface area contributed by atoms with Gasteiger partial charge in [-0.1, -0.05) is 6.07 Å². The highest BCUT2D eigenvalue weighted by Gasteiger charge is 2.05. The number of rotatable bonds is 6. The van der Waals surface area contributed by atoms with E-state index in [1.807, 2.05) is 49.4 Å². The lowest BCUT2D eigenvalue weighted by Gasteiger charge is -2.05. The highest BCUT2D eigenvalue weighted by molar-refractivity contribution is 5.76. The van der Waals surface area contributed by atoms with Crippen molar-refractivity contribution in [1.82, 2.24) is 9.97 Å². The van der Waals surface area contributed by atoms with E-state index >= 15 is 0 Å². The van der Waals surface area contributed by atoms with Crippen LogP contribution in [-0.2, 0) is 6.61 Å². The fourth-order valence-electron chi connectivity index (χ4n) is 2.21. The van der Waals surface area contributed by atoms with E-state index in [9.17, 15) is 0 Å². The van der Waals surface area contributed by atoms with Crippen LogP contribution in [0.2, 0.25) is 0 Å². The van der Waals surface area contributed by atoms with E-state index < -0.39 is 0 Å². The van der Waals surface area contributed by atoms with Gasteiger partial charge in [0.15, 0.2) is 0 Å². The molecule has 0 saturated heterocycles. The number of imidazole rings is 1. The first kappa shape index (κ1) is 14.3. The largest absolute Gasteiger partial charge is 0.497 e. The van der Waals surface area contributed by atoms with Crippen LogP contribution in [0.4, 0.5) is 0 Å². The summed E-state index contributed by atoms with van der Waals surface area (Å²) < 4.78 is 16.4. The number of ether oxygens (including phenoxy) is 3. The van der Waals surface area contributed by atoms with Gasteiger partial charge in [-0.3, -0.25) is 0 Å². The van der Waals surface area contributed by atoms with E-state index in [4.69, 9.17) is 14.2 Å². The predicted molar refractivity (Wildman–Crippen MR) is 84.6 cm³/mol. The topological polar surface area (TPSA) is 56.4 Å². The Hall–Kier alpha value is -2.69. The molecule has 1 N–H and O–H groups in total. The van der Waals surface area contributed by atoms with E-state index in [2.05, 4.69) is 9.97 Å². The maximum absolute atomic E-state index is 5.74. The first-order valence-corrected chi connectivity index (χ1v) is 7.17. The molecular formula is C17H18N2O3. The molecule has 2 aromatic carbocycles. The molecule has 114 valence electrons. The van der Waals surface area contributed by atoms with Gasteiger partial charge in [0.25, 0.3) is 0 Å². The molecule has 0 radical (unpaired) electrons. The molecule has 22 heavy (non-hydrogen) atoms. The van der Waals surface area contributed by atoms with Crippen LogP contribution in [0.25, 0.3) is 11.0 Å². The Balaban J connectivity index is 1.73. The summed E-state index contributed by atoms with van der Waals surface area (Å²) in [7, 11) is 1.63. The van der Waals surface area contributed by atoms with Gasteiger partial charge in [0, 0.05) is 12.1 Å². The highest BCUT2D eigenvalue weighted by Crippen LogP contribution is 2.22. The number of H-pyrrole nitrogens is 1. The van der Waals surface area contributed by atoms with Crippen molar-refractivity contribution in [3.63, 3.8) is 0 Å². The minimum Gasteiger partial charge on any atom is -0.497 e. The summed E-state index contributed by atoms with van der Waals surface area (Å²) in [6.45, 7) is 2.97. The van der Waals surface area contributed by atoms with Gasteiger partial charge in [0.1, 0.15) is 29.7 Å². The molecule has 1 heterocycles. The zero-order valence-electron chi connectivity index (χ0n) is 12.6. The van der Waals surface area contributed by atoms with Crippen LogP contribution in [-0.4, -0.2) is 23.7 Å². The predicted octanol–water partition coefficient (Wildman–Crippen LogP) is 3.55. The van der Waals surface area contributed by atoms with E-state index in [1.54, 1.807) is 7.11 Å². The fraction of sp³-hybridized carbons (Fsp3) is 0.235. The number of nitrogens with zero attached hydrogens (tertiary/aromatic N) is 1. The first-order valence-electron chi connectivity index (χ1n) is 7.17. The molecule has 0 aliphatic carbocycles. The van der Waals surface area contributed by atoms with Crippen molar-refractivity contribution >= 4 is 11.0 Å². The van der Waals surface area contributed by atoms with Gasteiger partial charge >= 0.3 is 0 Å². The highest BCUT2D eigenvalue weighted by atomic mass is 16.5. The molecule has 3 aromatic rings. The Morgan fingerprint density at radius 3 is 2.64 bits per heavy atom. The molecule has 0 aliphatic rings. The minimum atomic E-state index is 0.367. The molecule has 0 spiro atoms. The summed E-state index contributed by atoms with van der Waals surface area (Å²) in [5.74, 6) is 3.11. The minimum absolute atomic E-state index is 0.367. The number of methoxy groups -OCH3 is 1. The molecule has 0 atom stereocenters. The van der Waals surface area contributed by atoms with Crippen molar-refractivity contribution in [3.05, 3.63) is 48.3 Å². The first-order chi connectivity index (χ1) is 10.8. The summed E-state index contributed by atoms with van der Waals surface area (Å²) in [5.41, 5.74) is 1.84. The van der Waals surface area contributed by atoms with Crippen molar-refractivity contribution in [2.24, 2.45) is 0 Å². The third-order valence-electron chi connectivity index (χ3n) is 3.23. The Morgan fingerprint density at radius 2 is 1.82 bits per heavy atom. The van der Waals surface area contributed by atoms with Gasteiger partial charge in [0.2, 0.25) is 0 Å². The second kappa shape index (κ2) is 6.39. The fourth-order valence-corrected chi connectivity index (χ4v) is 2.21. The maximum Gasteiger partial charge on any atom is 0.146 e. The molecule has 5 nitrogen and oxygen atoms in total. The van der Waals surface area contributed by atoms with E-state index in [-0.39, 0.29) is 0 Å². The van der Waals surface area contributed by atoms with Crippen LogP contribution in [0.15, 0.2) is 42.5 Å². The van der Waals surface area contributed by atoms with Crippen molar-refractivity contribution in [2.45, 2.75) is 13.5 Å². The maximum atomic E-state index is 5.74. The molecule has 0 fully saturated rings. The van der Waals surface area contributed by atoms with Crippen molar-refractivity contribution in [1.29, 1.82) is 0 Å². The van der Waals surface area contributed by atoms with Crippen molar-refractivity contribution in [3.8, 4) is 17.2 Å². The molecule has 3 rings (SSSR count). The van der Waals surface area contributed by atoms with E-state index in [0.29, 0.717) is 13.2 Å². The Kier molecular flexibility index (Phi) is 4.14. The average Bonchev–Trinajstić information content (AvgIpc) is 2.95. The number of aromatic nitrogens is 2. The molecule has 0 bridgehead atoms. The van der Waals surface area contributed by atoms with Crippen molar-refractivity contribution in [2.75, 3.05) is 13.7 Å². The summed E-state index contributed by atoms with van der Waals surface area (Å²) in [6, 6.07) is 13.3. The van der Waals surface area contributed by atoms with Gasteiger partial charge in [-0.25, -0.2) is 4.98 Å². The molecule has 5 heteroatoms. The molecule has 0 saturated carbocycles. The van der Waals surface area contributed by atoms with Gasteiger partial charge < -0.3 is 19.2 Å². The monoisotopic (exact) mass is 298 g/mol. The molecule has 0 unspecified atom stereocenters. The summed E-state index contributed by atoms with van der Waals surface area (Å²) in [5, 5.41) is 0. The summed E-state index contributed by atoms with van der Waals surface area (Å²) in [6.07, 6.45) is 0. The second-order valence-electron chi connectivity index (χ2n) is 4.76. The number of hydrogen-bond acceptors (Lipinski definition) is 4. The number of benzene rings is 2. The molecular weight excluding hydrogens is 280 g/mol. The number of fused-ring (bicyclic) bond motifs is 1. The lowest BCUT2D eigenvalue weighted by atomic mass is 10.3. The Morgan fingerprint density at radius 1 is 1.00 bits per heavy atom. The third kappa shape index (κ3) is 3.14. The standard InChI is InChI=1S/C17H18N2O3/c1-3-21-14-7-8-15-16(10-14)19-17(18-15)11-22-13-6-4-5-12(9-13)20-2/h4-10H,3,11H2,1-2H3,(H,18,19). The number of aromatic amines is 1. The third-order valence-corrected chi connectivity index (χ3v) is 3.23. The summed E-state index contributed by atoms with van der Waals surface area (Å²) in [4.78, 5) is 7.75. The van der Waals surface area contributed by atoms with Crippen LogP contribution in [0, 0.1) is 0 Å². The second-order valence-corrected chi connectivity index (χ2v) is 4.76. The lowest BCUT2D eigenvalue weighted by molar-refractivity contribution is 0.295. The summed E-state index contributed by atoms with van der Waals surface area (Å²) >= 11 is 0. The molecule has 1 aromatic heterocycles. The smallest absolute Gasteiger partial charge is 0.146 e. The average molecular weight is 298 g/mol. The van der Waals surface area contributed by atoms with Gasteiger partial charge in [-0.2, -0.15) is 0 Å². The number of hydrogen-bond donors (Lipinski definition) is 1. The Bertz CT molecular complexity index is 767. The quantitative estimate of drug-likeness (QED) is 0.756. The van der Waals surface area contributed by atoms with Crippen LogP contribution in [0.1, 0.15) is 12.7 Å². The zero-order valence-corrected chi connectivity index (χ0v) is 12.6. The molecule has 0 amide bonds. The lowest BCUT2D eigenvalue weighted by Crippen LogP contribution is -1.97. The van der Waals surface area contributed by atoms with Crippen LogP contribution < -0.4 is 14.2 Å². The van der Waals surface area contributed by atoms with E-state index in [1.165, 1.54) is 0 Å². The van der Waals surface area contributed by atoms with Gasteiger partial charge in [0.05, 0.1) is 24.8 Å². The van der Waals surface area contributed by atoms with Crippen LogP contribution in [0.5, 0.6) is 17.2 Å². The number of nitrogens with one attached hydrogen (secondary N) is 1. The van der Waals surface area contributed by atoms with Gasteiger partial charge in [-0.05, 0) is 31.2 Å². The molecule has 0 aliphatic heterocycles. The van der Waals surface area contributed by atoms with E-state index in [0.717, 1.165) is 34.1 Å². The van der Waals surface area contributed by atoms with Crippen LogP contribution in [0.3, 0.4) is 0 Å². The normalized spacial score (nSPS) is 10.6. The van der Waals surface area contributed by atoms with Gasteiger partial charge in [-0.15, -0.1) is 0 Å².